The summed E-state index contributed by atoms with van der Waals surface area (Å²) in [4.78, 5) is 4.97. The zero-order chi connectivity index (χ0) is 23.5. The third-order valence-corrected chi connectivity index (χ3v) is 7.50. The van der Waals surface area contributed by atoms with Crippen LogP contribution in [0.4, 0.5) is 0 Å². The summed E-state index contributed by atoms with van der Waals surface area (Å²) in [7, 11) is 11.3. The molecule has 33 heavy (non-hydrogen) atoms. The molecular formula is C27H38N2O4. The standard InChI is InChI=1S/C27H38N2O4/c1-28-12-10-18-14-24(30-3)26(32-5)16-20(18)22(28)8-7-9-23-21-17-27(33-6)25(31-4)15-19(21)11-13-29(23)2/h14-17,22-23H,7-13H2,1-6H3/t22-,23+. The Kier molecular flexibility index (Phi) is 7.35. The van der Waals surface area contributed by atoms with Gasteiger partial charge in [0, 0.05) is 25.2 Å². The molecule has 0 saturated heterocycles. The molecule has 0 amide bonds. The fourth-order valence-electron chi connectivity index (χ4n) is 5.56. The second-order valence-corrected chi connectivity index (χ2v) is 9.24. The van der Waals surface area contributed by atoms with E-state index in [1.807, 2.05) is 0 Å². The lowest BCUT2D eigenvalue weighted by Gasteiger charge is -2.37. The van der Waals surface area contributed by atoms with Gasteiger partial charge in [-0.05, 0) is 92.7 Å². The van der Waals surface area contributed by atoms with Crippen LogP contribution in [0.1, 0.15) is 53.6 Å². The number of likely N-dealkylation sites (N-methyl/N-ethyl adjacent to an activating group) is 2. The van der Waals surface area contributed by atoms with Crippen molar-refractivity contribution in [3.8, 4) is 23.0 Å². The molecule has 2 aliphatic rings. The topological polar surface area (TPSA) is 43.4 Å². The van der Waals surface area contributed by atoms with Gasteiger partial charge < -0.3 is 18.9 Å². The first-order chi connectivity index (χ1) is 16.0. The van der Waals surface area contributed by atoms with Crippen LogP contribution in [0, 0.1) is 0 Å². The van der Waals surface area contributed by atoms with Crippen LogP contribution < -0.4 is 18.9 Å². The van der Waals surface area contributed by atoms with E-state index >= 15 is 0 Å². The summed E-state index contributed by atoms with van der Waals surface area (Å²) in [6.07, 6.45) is 5.47. The summed E-state index contributed by atoms with van der Waals surface area (Å²) in [6, 6.07) is 9.50. The SMILES string of the molecule is COc1cc2c(cc1OC)[C@@H](CCC[C@H]1c3cc(OC)c(OC)cc3CCN1C)N(C)CC2. The lowest BCUT2D eigenvalue weighted by molar-refractivity contribution is 0.188. The lowest BCUT2D eigenvalue weighted by atomic mass is 9.86. The summed E-state index contributed by atoms with van der Waals surface area (Å²) in [5, 5.41) is 0. The molecule has 0 unspecified atom stereocenters. The van der Waals surface area contributed by atoms with E-state index < -0.39 is 0 Å². The van der Waals surface area contributed by atoms with Crippen LogP contribution >= 0.6 is 0 Å². The molecule has 0 spiro atoms. The highest BCUT2D eigenvalue weighted by atomic mass is 16.5. The van der Waals surface area contributed by atoms with Gasteiger partial charge in [-0.15, -0.1) is 0 Å². The summed E-state index contributed by atoms with van der Waals surface area (Å²) < 4.78 is 22.3. The molecule has 4 rings (SSSR count). The van der Waals surface area contributed by atoms with Crippen LogP contribution in [0.15, 0.2) is 24.3 Å². The van der Waals surface area contributed by atoms with Crippen molar-refractivity contribution in [2.75, 3.05) is 55.6 Å². The summed E-state index contributed by atoms with van der Waals surface area (Å²) >= 11 is 0. The maximum Gasteiger partial charge on any atom is 0.161 e. The van der Waals surface area contributed by atoms with Gasteiger partial charge in [-0.2, -0.15) is 0 Å². The Bertz CT molecular complexity index is 900. The van der Waals surface area contributed by atoms with Gasteiger partial charge >= 0.3 is 0 Å². The molecule has 6 nitrogen and oxygen atoms in total. The Balaban J connectivity index is 1.52. The van der Waals surface area contributed by atoms with Crippen LogP contribution in [-0.4, -0.2) is 65.4 Å². The van der Waals surface area contributed by atoms with E-state index in [-0.39, 0.29) is 0 Å². The number of benzene rings is 2. The summed E-state index contributed by atoms with van der Waals surface area (Å²) in [5.74, 6) is 3.28. The summed E-state index contributed by atoms with van der Waals surface area (Å²) in [5.41, 5.74) is 5.52. The van der Waals surface area contributed by atoms with E-state index in [2.05, 4.69) is 48.2 Å². The van der Waals surface area contributed by atoms with Gasteiger partial charge in [0.1, 0.15) is 0 Å². The van der Waals surface area contributed by atoms with Crippen LogP contribution in [0.25, 0.3) is 0 Å². The zero-order valence-corrected chi connectivity index (χ0v) is 20.9. The van der Waals surface area contributed by atoms with Crippen LogP contribution in [-0.2, 0) is 12.8 Å². The second kappa shape index (κ2) is 10.2. The second-order valence-electron chi connectivity index (χ2n) is 9.24. The monoisotopic (exact) mass is 454 g/mol. The minimum atomic E-state index is 0.396. The molecule has 2 heterocycles. The molecule has 2 aliphatic heterocycles. The number of nitrogens with zero attached hydrogens (tertiary/aromatic N) is 2. The minimum absolute atomic E-state index is 0.396. The highest BCUT2D eigenvalue weighted by molar-refractivity contribution is 5.50. The largest absolute Gasteiger partial charge is 0.493 e. The number of fused-ring (bicyclic) bond motifs is 2. The average molecular weight is 455 g/mol. The molecule has 180 valence electrons. The Labute approximate surface area is 198 Å². The molecule has 0 bridgehead atoms. The Morgan fingerprint density at radius 3 is 1.36 bits per heavy atom. The first-order valence-corrected chi connectivity index (χ1v) is 11.9. The van der Waals surface area contributed by atoms with Crippen LogP contribution in [0.3, 0.4) is 0 Å². The number of hydrogen-bond donors (Lipinski definition) is 0. The average Bonchev–Trinajstić information content (AvgIpc) is 2.84. The fourth-order valence-corrected chi connectivity index (χ4v) is 5.56. The molecular weight excluding hydrogens is 416 g/mol. The van der Waals surface area contributed by atoms with Gasteiger partial charge in [-0.3, -0.25) is 9.80 Å². The van der Waals surface area contributed by atoms with E-state index in [0.717, 1.165) is 68.2 Å². The van der Waals surface area contributed by atoms with Crippen molar-refractivity contribution in [1.82, 2.24) is 9.80 Å². The molecule has 0 aromatic heterocycles. The highest BCUT2D eigenvalue weighted by Crippen LogP contribution is 2.42. The molecule has 0 radical (unpaired) electrons. The molecule has 6 heteroatoms. The maximum absolute atomic E-state index is 5.61. The molecule has 0 fully saturated rings. The fraction of sp³-hybridized carbons (Fsp3) is 0.556. The van der Waals surface area contributed by atoms with E-state index in [9.17, 15) is 0 Å². The zero-order valence-electron chi connectivity index (χ0n) is 20.9. The van der Waals surface area contributed by atoms with Gasteiger partial charge in [0.25, 0.3) is 0 Å². The van der Waals surface area contributed by atoms with Gasteiger partial charge in [0.05, 0.1) is 28.4 Å². The van der Waals surface area contributed by atoms with E-state index in [4.69, 9.17) is 18.9 Å². The van der Waals surface area contributed by atoms with E-state index in [1.165, 1.54) is 22.3 Å². The first-order valence-electron chi connectivity index (χ1n) is 11.9. The normalized spacial score (nSPS) is 20.7. The Morgan fingerprint density at radius 2 is 1.00 bits per heavy atom. The summed E-state index contributed by atoms with van der Waals surface area (Å²) in [6.45, 7) is 2.13. The third-order valence-electron chi connectivity index (χ3n) is 7.50. The molecule has 0 aliphatic carbocycles. The lowest BCUT2D eigenvalue weighted by Crippen LogP contribution is -2.34. The van der Waals surface area contributed by atoms with Gasteiger partial charge in [-0.1, -0.05) is 0 Å². The van der Waals surface area contributed by atoms with E-state index in [0.29, 0.717) is 12.1 Å². The van der Waals surface area contributed by atoms with Crippen molar-refractivity contribution in [1.29, 1.82) is 0 Å². The molecule has 2 aromatic carbocycles. The smallest absolute Gasteiger partial charge is 0.161 e. The van der Waals surface area contributed by atoms with Crippen LogP contribution in [0.2, 0.25) is 0 Å². The van der Waals surface area contributed by atoms with Crippen molar-refractivity contribution < 1.29 is 18.9 Å². The molecule has 0 saturated carbocycles. The van der Waals surface area contributed by atoms with Crippen molar-refractivity contribution in [2.24, 2.45) is 0 Å². The van der Waals surface area contributed by atoms with Crippen molar-refractivity contribution in [2.45, 2.75) is 44.2 Å². The highest BCUT2D eigenvalue weighted by Gasteiger charge is 2.29. The minimum Gasteiger partial charge on any atom is -0.493 e. The van der Waals surface area contributed by atoms with Gasteiger partial charge in [-0.25, -0.2) is 0 Å². The number of hydrogen-bond acceptors (Lipinski definition) is 6. The van der Waals surface area contributed by atoms with Crippen molar-refractivity contribution >= 4 is 0 Å². The van der Waals surface area contributed by atoms with Gasteiger partial charge in [0.2, 0.25) is 0 Å². The van der Waals surface area contributed by atoms with E-state index in [1.54, 1.807) is 28.4 Å². The predicted molar refractivity (Wildman–Crippen MR) is 131 cm³/mol. The number of ether oxygens (including phenoxy) is 4. The molecule has 0 N–H and O–H groups in total. The van der Waals surface area contributed by atoms with Crippen molar-refractivity contribution in [3.63, 3.8) is 0 Å². The molecule has 2 aromatic rings. The number of rotatable bonds is 8. The quantitative estimate of drug-likeness (QED) is 0.579. The van der Waals surface area contributed by atoms with Gasteiger partial charge in [0.15, 0.2) is 23.0 Å². The maximum atomic E-state index is 5.61. The van der Waals surface area contributed by atoms with Crippen molar-refractivity contribution in [3.05, 3.63) is 46.5 Å². The first kappa shape index (κ1) is 23.7. The third kappa shape index (κ3) is 4.64. The predicted octanol–water partition coefficient (Wildman–Crippen LogP) is 4.65. The Morgan fingerprint density at radius 1 is 0.636 bits per heavy atom. The number of methoxy groups -OCH3 is 4. The van der Waals surface area contributed by atoms with Crippen LogP contribution in [0.5, 0.6) is 23.0 Å². The Hall–Kier alpha value is -2.44. The molecule has 2 atom stereocenters.